The zero-order valence-electron chi connectivity index (χ0n) is 20.8. The molecule has 200 valence electrons. The molecule has 0 saturated carbocycles. The summed E-state index contributed by atoms with van der Waals surface area (Å²) in [7, 11) is 1.42. The number of hydrogen-bond acceptors (Lipinski definition) is 8. The van der Waals surface area contributed by atoms with Crippen LogP contribution >= 0.6 is 23.4 Å². The highest BCUT2D eigenvalue weighted by molar-refractivity contribution is 8.18. The van der Waals surface area contributed by atoms with E-state index in [4.69, 9.17) is 25.8 Å². The van der Waals surface area contributed by atoms with E-state index >= 15 is 0 Å². The van der Waals surface area contributed by atoms with Crippen molar-refractivity contribution in [1.29, 1.82) is 0 Å². The van der Waals surface area contributed by atoms with E-state index in [-0.39, 0.29) is 46.4 Å². The highest BCUT2D eigenvalue weighted by Crippen LogP contribution is 2.39. The molecule has 12 heteroatoms. The third-order valence-electron chi connectivity index (χ3n) is 5.76. The van der Waals surface area contributed by atoms with E-state index in [0.717, 1.165) is 22.2 Å². The fourth-order valence-corrected chi connectivity index (χ4v) is 4.88. The third kappa shape index (κ3) is 6.66. The molecule has 0 unspecified atom stereocenters. The van der Waals surface area contributed by atoms with E-state index in [9.17, 15) is 19.2 Å². The van der Waals surface area contributed by atoms with Gasteiger partial charge in [0.05, 0.1) is 30.3 Å². The zero-order chi connectivity index (χ0) is 27.2. The lowest BCUT2D eigenvalue weighted by atomic mass is 10.1. The Bertz CT molecular complexity index is 1280. The van der Waals surface area contributed by atoms with Crippen molar-refractivity contribution in [2.45, 2.75) is 6.92 Å². The summed E-state index contributed by atoms with van der Waals surface area (Å²) >= 11 is 7.15. The van der Waals surface area contributed by atoms with Gasteiger partial charge in [0.2, 0.25) is 5.91 Å². The Balaban J connectivity index is 1.42. The molecule has 0 atom stereocenters. The number of imide groups is 1. The Morgan fingerprint density at radius 2 is 1.87 bits per heavy atom. The maximum Gasteiger partial charge on any atom is 0.294 e. The summed E-state index contributed by atoms with van der Waals surface area (Å²) < 4.78 is 16.2. The molecule has 0 bridgehead atoms. The number of amides is 4. The van der Waals surface area contributed by atoms with Gasteiger partial charge < -0.3 is 24.4 Å². The van der Waals surface area contributed by atoms with Crippen LogP contribution < -0.4 is 14.8 Å². The zero-order valence-corrected chi connectivity index (χ0v) is 22.4. The van der Waals surface area contributed by atoms with E-state index in [1.54, 1.807) is 23.1 Å². The fraction of sp³-hybridized carbons (Fsp3) is 0.308. The van der Waals surface area contributed by atoms with E-state index in [1.807, 2.05) is 19.1 Å². The number of halogens is 1. The summed E-state index contributed by atoms with van der Waals surface area (Å²) in [5.74, 6) is -0.848. The van der Waals surface area contributed by atoms with Crippen molar-refractivity contribution >= 4 is 58.1 Å². The van der Waals surface area contributed by atoms with Crippen molar-refractivity contribution < 1.29 is 33.4 Å². The second kappa shape index (κ2) is 12.3. The average molecular weight is 560 g/mol. The maximum atomic E-state index is 12.9. The predicted octanol–water partition coefficient (Wildman–Crippen LogP) is 3.57. The number of anilines is 1. The third-order valence-corrected chi connectivity index (χ3v) is 6.95. The molecule has 0 aromatic heterocycles. The Morgan fingerprint density at radius 1 is 1.16 bits per heavy atom. The standard InChI is InChI=1S/C26H26ClN3O7S/c1-16-3-5-18(6-4-16)28-22(31)15-37-24-19(27)11-17(12-20(24)35-2)13-21-25(33)30(26(34)38-21)14-23(32)29-7-9-36-10-8-29/h3-6,11-13H,7-10,14-15H2,1-2H3,(H,28,31)/b21-13+. The Hall–Kier alpha value is -3.54. The van der Waals surface area contributed by atoms with Gasteiger partial charge in [0.25, 0.3) is 17.1 Å². The molecule has 4 amide bonds. The van der Waals surface area contributed by atoms with Gasteiger partial charge in [-0.3, -0.25) is 24.1 Å². The van der Waals surface area contributed by atoms with Gasteiger partial charge in [0, 0.05) is 18.8 Å². The number of nitrogens with one attached hydrogen (secondary N) is 1. The first-order valence-electron chi connectivity index (χ1n) is 11.7. The molecule has 2 aromatic carbocycles. The van der Waals surface area contributed by atoms with E-state index < -0.39 is 11.1 Å². The van der Waals surface area contributed by atoms with Crippen molar-refractivity contribution in [2.75, 3.05) is 51.9 Å². The van der Waals surface area contributed by atoms with Gasteiger partial charge in [-0.1, -0.05) is 29.3 Å². The largest absolute Gasteiger partial charge is 0.493 e. The van der Waals surface area contributed by atoms with Crippen LogP contribution in [0.15, 0.2) is 41.3 Å². The fourth-order valence-electron chi connectivity index (χ4n) is 3.77. The second-order valence-electron chi connectivity index (χ2n) is 8.50. The Labute approximate surface area is 228 Å². The van der Waals surface area contributed by atoms with Crippen LogP contribution in [0.2, 0.25) is 5.02 Å². The number of methoxy groups -OCH3 is 1. The van der Waals surface area contributed by atoms with Crippen LogP contribution in [0.5, 0.6) is 11.5 Å². The van der Waals surface area contributed by atoms with Gasteiger partial charge >= 0.3 is 0 Å². The van der Waals surface area contributed by atoms with Crippen molar-refractivity contribution in [1.82, 2.24) is 9.80 Å². The summed E-state index contributed by atoms with van der Waals surface area (Å²) in [4.78, 5) is 52.8. The Morgan fingerprint density at radius 3 is 2.55 bits per heavy atom. The van der Waals surface area contributed by atoms with Crippen LogP contribution in [0.4, 0.5) is 10.5 Å². The quantitative estimate of drug-likeness (QED) is 0.488. The van der Waals surface area contributed by atoms with Crippen LogP contribution in [0.3, 0.4) is 0 Å². The summed E-state index contributed by atoms with van der Waals surface area (Å²) in [6.07, 6.45) is 1.49. The van der Waals surface area contributed by atoms with Gasteiger partial charge in [0.15, 0.2) is 18.1 Å². The summed E-state index contributed by atoms with van der Waals surface area (Å²) in [5, 5.41) is 2.36. The van der Waals surface area contributed by atoms with Gasteiger partial charge in [-0.15, -0.1) is 0 Å². The summed E-state index contributed by atoms with van der Waals surface area (Å²) in [6, 6.07) is 10.4. The number of nitrogens with zero attached hydrogens (tertiary/aromatic N) is 2. The van der Waals surface area contributed by atoms with Crippen LogP contribution in [0.25, 0.3) is 6.08 Å². The molecule has 2 heterocycles. The molecule has 38 heavy (non-hydrogen) atoms. The molecule has 2 saturated heterocycles. The molecule has 1 N–H and O–H groups in total. The van der Waals surface area contributed by atoms with Crippen molar-refractivity contribution in [3.05, 3.63) is 57.5 Å². The molecule has 4 rings (SSSR count). The van der Waals surface area contributed by atoms with Crippen LogP contribution in [0.1, 0.15) is 11.1 Å². The van der Waals surface area contributed by atoms with Gasteiger partial charge in [-0.25, -0.2) is 0 Å². The number of ether oxygens (including phenoxy) is 3. The summed E-state index contributed by atoms with van der Waals surface area (Å²) in [6.45, 7) is 3.01. The van der Waals surface area contributed by atoms with Crippen molar-refractivity contribution in [3.8, 4) is 11.5 Å². The van der Waals surface area contributed by atoms with Gasteiger partial charge in [-0.2, -0.15) is 0 Å². The van der Waals surface area contributed by atoms with E-state index in [1.165, 1.54) is 19.3 Å². The number of morpholine rings is 1. The first-order valence-corrected chi connectivity index (χ1v) is 12.9. The van der Waals surface area contributed by atoms with Crippen LogP contribution in [-0.4, -0.2) is 79.3 Å². The van der Waals surface area contributed by atoms with Crippen molar-refractivity contribution in [3.63, 3.8) is 0 Å². The minimum atomic E-state index is -0.565. The first-order chi connectivity index (χ1) is 18.2. The molecular formula is C26H26ClN3O7S. The summed E-state index contributed by atoms with van der Waals surface area (Å²) in [5.41, 5.74) is 2.19. The van der Waals surface area contributed by atoms with Gasteiger partial charge in [0.1, 0.15) is 6.54 Å². The molecule has 2 aliphatic rings. The van der Waals surface area contributed by atoms with E-state index in [2.05, 4.69) is 5.32 Å². The van der Waals surface area contributed by atoms with Crippen LogP contribution in [-0.2, 0) is 19.1 Å². The predicted molar refractivity (Wildman–Crippen MR) is 143 cm³/mol. The number of aryl methyl sites for hydroxylation is 1. The normalized spacial score (nSPS) is 16.7. The average Bonchev–Trinajstić information content (AvgIpc) is 3.16. The SMILES string of the molecule is COc1cc(/C=C2/SC(=O)N(CC(=O)N3CCOCC3)C2=O)cc(Cl)c1OCC(=O)Nc1ccc(C)cc1. The smallest absolute Gasteiger partial charge is 0.294 e. The molecule has 2 fully saturated rings. The molecular weight excluding hydrogens is 534 g/mol. The van der Waals surface area contributed by atoms with E-state index in [0.29, 0.717) is 37.6 Å². The molecule has 0 spiro atoms. The first kappa shape index (κ1) is 27.5. The number of rotatable bonds is 8. The Kier molecular flexibility index (Phi) is 8.93. The lowest BCUT2D eigenvalue weighted by Gasteiger charge is -2.28. The maximum absolute atomic E-state index is 12.9. The molecule has 2 aliphatic heterocycles. The number of thioether (sulfide) groups is 1. The van der Waals surface area contributed by atoms with Crippen molar-refractivity contribution in [2.24, 2.45) is 0 Å². The lowest BCUT2D eigenvalue weighted by molar-refractivity contribution is -0.139. The highest BCUT2D eigenvalue weighted by atomic mass is 35.5. The lowest BCUT2D eigenvalue weighted by Crippen LogP contribution is -2.46. The van der Waals surface area contributed by atoms with Crippen LogP contribution in [0, 0.1) is 6.92 Å². The molecule has 2 aromatic rings. The number of benzene rings is 2. The minimum absolute atomic E-state index is 0.147. The number of carbonyl (C=O) groups is 4. The second-order valence-corrected chi connectivity index (χ2v) is 9.90. The monoisotopic (exact) mass is 559 g/mol. The highest BCUT2D eigenvalue weighted by Gasteiger charge is 2.37. The van der Waals surface area contributed by atoms with Gasteiger partial charge in [-0.05, 0) is 54.6 Å². The molecule has 10 nitrogen and oxygen atoms in total. The molecule has 0 radical (unpaired) electrons. The number of carbonyl (C=O) groups excluding carboxylic acids is 4. The molecule has 0 aliphatic carbocycles. The number of hydrogen-bond donors (Lipinski definition) is 1. The topological polar surface area (TPSA) is 114 Å². The minimum Gasteiger partial charge on any atom is -0.493 e.